The quantitative estimate of drug-likeness (QED) is 0.852. The van der Waals surface area contributed by atoms with Crippen molar-refractivity contribution in [1.82, 2.24) is 9.88 Å². The topological polar surface area (TPSA) is 54.9 Å². The lowest BCUT2D eigenvalue weighted by molar-refractivity contribution is -0.130. The van der Waals surface area contributed by atoms with Gasteiger partial charge in [-0.3, -0.25) is 4.79 Å². The molecule has 0 radical (unpaired) electrons. The van der Waals surface area contributed by atoms with Gasteiger partial charge in [0, 0.05) is 31.6 Å². The van der Waals surface area contributed by atoms with Crippen molar-refractivity contribution >= 4 is 22.4 Å². The third-order valence-corrected chi connectivity index (χ3v) is 5.32. The molecule has 1 aromatic carbocycles. The number of piperazine rings is 1. The monoisotopic (exact) mass is 345 g/mol. The molecule has 7 heteroatoms. The van der Waals surface area contributed by atoms with Crippen LogP contribution in [0.2, 0.25) is 0 Å². The molecule has 0 spiro atoms. The van der Waals surface area contributed by atoms with Crippen molar-refractivity contribution in [2.24, 2.45) is 0 Å². The molecule has 2 aliphatic rings. The first-order valence-corrected chi connectivity index (χ1v) is 8.90. The number of fused-ring (bicyclic) bond motifs is 1. The van der Waals surface area contributed by atoms with E-state index in [0.717, 1.165) is 54.1 Å². The molecule has 6 nitrogen and oxygen atoms in total. The third-order valence-electron chi connectivity index (χ3n) is 4.30. The Morgan fingerprint density at radius 1 is 1.21 bits per heavy atom. The molecule has 2 aromatic rings. The fourth-order valence-corrected chi connectivity index (χ4v) is 3.83. The van der Waals surface area contributed by atoms with E-state index in [1.54, 1.807) is 11.3 Å². The van der Waals surface area contributed by atoms with Gasteiger partial charge in [0.2, 0.25) is 12.7 Å². The van der Waals surface area contributed by atoms with Crippen molar-refractivity contribution in [3.8, 4) is 11.5 Å². The highest BCUT2D eigenvalue weighted by Crippen LogP contribution is 2.32. The summed E-state index contributed by atoms with van der Waals surface area (Å²) in [6.07, 6.45) is 0.396. The van der Waals surface area contributed by atoms with Gasteiger partial charge in [-0.1, -0.05) is 6.07 Å². The molecule has 0 unspecified atom stereocenters. The average molecular weight is 345 g/mol. The summed E-state index contributed by atoms with van der Waals surface area (Å²) >= 11 is 1.67. The number of aryl methyl sites for hydroxylation is 1. The van der Waals surface area contributed by atoms with E-state index in [0.29, 0.717) is 6.42 Å². The van der Waals surface area contributed by atoms with Crippen LogP contribution >= 0.6 is 11.3 Å². The van der Waals surface area contributed by atoms with Crippen molar-refractivity contribution in [1.29, 1.82) is 0 Å². The Morgan fingerprint density at radius 2 is 2.00 bits per heavy atom. The zero-order valence-corrected chi connectivity index (χ0v) is 14.3. The number of carbonyl (C=O) groups is 1. The summed E-state index contributed by atoms with van der Waals surface area (Å²) in [4.78, 5) is 21.2. The Morgan fingerprint density at radius 3 is 2.75 bits per heavy atom. The first-order chi connectivity index (χ1) is 11.7. The number of amides is 1. The van der Waals surface area contributed by atoms with Gasteiger partial charge in [0.25, 0.3) is 0 Å². The number of benzene rings is 1. The Bertz CT molecular complexity index is 753. The molecule has 0 bridgehead atoms. The van der Waals surface area contributed by atoms with Gasteiger partial charge in [-0.2, -0.15) is 0 Å². The highest BCUT2D eigenvalue weighted by molar-refractivity contribution is 7.13. The number of thiazole rings is 1. The Balaban J connectivity index is 1.34. The van der Waals surface area contributed by atoms with Gasteiger partial charge in [0.05, 0.1) is 12.1 Å². The summed E-state index contributed by atoms with van der Waals surface area (Å²) in [7, 11) is 0. The molecule has 1 saturated heterocycles. The second-order valence-electron chi connectivity index (χ2n) is 6.00. The number of ether oxygens (including phenoxy) is 2. The normalized spacial score (nSPS) is 16.5. The summed E-state index contributed by atoms with van der Waals surface area (Å²) in [5.41, 5.74) is 2.01. The van der Waals surface area contributed by atoms with Gasteiger partial charge in [-0.05, 0) is 24.6 Å². The molecule has 0 N–H and O–H groups in total. The van der Waals surface area contributed by atoms with Crippen LogP contribution in [0.25, 0.3) is 0 Å². The minimum absolute atomic E-state index is 0.156. The highest BCUT2D eigenvalue weighted by atomic mass is 32.1. The molecule has 3 heterocycles. The molecular formula is C17H19N3O3S. The standard InChI is InChI=1S/C17H19N3O3S/c1-12-10-24-17(18-12)20-6-4-19(5-7-20)16(21)9-13-2-3-14-15(8-13)23-11-22-14/h2-3,8,10H,4-7,9,11H2,1H3. The van der Waals surface area contributed by atoms with E-state index in [4.69, 9.17) is 9.47 Å². The molecule has 24 heavy (non-hydrogen) atoms. The molecule has 2 aliphatic heterocycles. The number of hydrogen-bond acceptors (Lipinski definition) is 6. The van der Waals surface area contributed by atoms with Crippen molar-refractivity contribution in [3.63, 3.8) is 0 Å². The number of anilines is 1. The van der Waals surface area contributed by atoms with E-state index in [1.807, 2.05) is 30.0 Å². The van der Waals surface area contributed by atoms with Crippen LogP contribution in [0.1, 0.15) is 11.3 Å². The minimum Gasteiger partial charge on any atom is -0.454 e. The maximum Gasteiger partial charge on any atom is 0.231 e. The van der Waals surface area contributed by atoms with Crippen LogP contribution in [0.4, 0.5) is 5.13 Å². The van der Waals surface area contributed by atoms with Crippen LogP contribution in [0.5, 0.6) is 11.5 Å². The van der Waals surface area contributed by atoms with Crippen molar-refractivity contribution in [3.05, 3.63) is 34.8 Å². The molecule has 0 atom stereocenters. The predicted octanol–water partition coefficient (Wildman–Crippen LogP) is 2.07. The zero-order chi connectivity index (χ0) is 16.5. The lowest BCUT2D eigenvalue weighted by atomic mass is 10.1. The maximum absolute atomic E-state index is 12.5. The molecule has 1 amide bonds. The van der Waals surface area contributed by atoms with E-state index in [1.165, 1.54) is 0 Å². The first kappa shape index (κ1) is 15.3. The van der Waals surface area contributed by atoms with Crippen LogP contribution in [-0.2, 0) is 11.2 Å². The predicted molar refractivity (Wildman–Crippen MR) is 91.9 cm³/mol. The average Bonchev–Trinajstić information content (AvgIpc) is 3.23. The summed E-state index contributed by atoms with van der Waals surface area (Å²) in [6.45, 7) is 5.40. The van der Waals surface area contributed by atoms with Crippen LogP contribution in [-0.4, -0.2) is 48.8 Å². The number of carbonyl (C=O) groups excluding carboxylic acids is 1. The molecule has 0 saturated carbocycles. The summed E-state index contributed by atoms with van der Waals surface area (Å²) in [5, 5.41) is 3.11. The van der Waals surface area contributed by atoms with E-state index in [-0.39, 0.29) is 12.7 Å². The number of nitrogens with zero attached hydrogens (tertiary/aromatic N) is 3. The number of aromatic nitrogens is 1. The lowest BCUT2D eigenvalue weighted by Gasteiger charge is -2.34. The molecule has 1 fully saturated rings. The molecule has 0 aliphatic carbocycles. The van der Waals surface area contributed by atoms with E-state index < -0.39 is 0 Å². The molecule has 1 aromatic heterocycles. The van der Waals surface area contributed by atoms with E-state index >= 15 is 0 Å². The lowest BCUT2D eigenvalue weighted by Crippen LogP contribution is -2.49. The summed E-state index contributed by atoms with van der Waals surface area (Å²) < 4.78 is 10.7. The van der Waals surface area contributed by atoms with Gasteiger partial charge in [0.15, 0.2) is 16.6 Å². The summed E-state index contributed by atoms with van der Waals surface area (Å²) in [5.74, 6) is 1.63. The maximum atomic E-state index is 12.5. The zero-order valence-electron chi connectivity index (χ0n) is 13.5. The first-order valence-electron chi connectivity index (χ1n) is 8.02. The molecule has 126 valence electrons. The number of hydrogen-bond donors (Lipinski definition) is 0. The van der Waals surface area contributed by atoms with E-state index in [9.17, 15) is 4.79 Å². The fourth-order valence-electron chi connectivity index (χ4n) is 2.97. The Hall–Kier alpha value is -2.28. The second kappa shape index (κ2) is 6.32. The second-order valence-corrected chi connectivity index (χ2v) is 6.84. The Kier molecular flexibility index (Phi) is 4.02. The van der Waals surface area contributed by atoms with Crippen LogP contribution in [0.3, 0.4) is 0 Å². The van der Waals surface area contributed by atoms with Gasteiger partial charge in [-0.15, -0.1) is 11.3 Å². The SMILES string of the molecule is Cc1csc(N2CCN(C(=O)Cc3ccc4c(c3)OCO4)CC2)n1. The van der Waals surface area contributed by atoms with Gasteiger partial charge in [0.1, 0.15) is 0 Å². The molecule has 4 rings (SSSR count). The fraction of sp³-hybridized carbons (Fsp3) is 0.412. The van der Waals surface area contributed by atoms with Crippen molar-refractivity contribution in [2.45, 2.75) is 13.3 Å². The van der Waals surface area contributed by atoms with Crippen LogP contribution < -0.4 is 14.4 Å². The largest absolute Gasteiger partial charge is 0.454 e. The summed E-state index contributed by atoms with van der Waals surface area (Å²) in [6, 6.07) is 5.70. The van der Waals surface area contributed by atoms with Crippen molar-refractivity contribution < 1.29 is 14.3 Å². The van der Waals surface area contributed by atoms with Gasteiger partial charge in [-0.25, -0.2) is 4.98 Å². The van der Waals surface area contributed by atoms with Crippen LogP contribution in [0.15, 0.2) is 23.6 Å². The minimum atomic E-state index is 0.156. The smallest absolute Gasteiger partial charge is 0.231 e. The van der Waals surface area contributed by atoms with Gasteiger partial charge >= 0.3 is 0 Å². The van der Waals surface area contributed by atoms with E-state index in [2.05, 4.69) is 15.3 Å². The van der Waals surface area contributed by atoms with Crippen molar-refractivity contribution in [2.75, 3.05) is 37.9 Å². The van der Waals surface area contributed by atoms with Crippen LogP contribution in [0, 0.1) is 6.92 Å². The van der Waals surface area contributed by atoms with Gasteiger partial charge < -0.3 is 19.3 Å². The highest BCUT2D eigenvalue weighted by Gasteiger charge is 2.23. The molecular weight excluding hydrogens is 326 g/mol. The third kappa shape index (κ3) is 3.03. The number of rotatable bonds is 3. The Labute approximate surface area is 144 Å².